The number of phenolic OH excluding ortho intramolecular Hbond substituents is 1. The van der Waals surface area contributed by atoms with Gasteiger partial charge in [0.1, 0.15) is 5.82 Å². The summed E-state index contributed by atoms with van der Waals surface area (Å²) in [5.41, 5.74) is 0.821. The third-order valence-electron chi connectivity index (χ3n) is 3.48. The van der Waals surface area contributed by atoms with Gasteiger partial charge >= 0.3 is 0 Å². The van der Waals surface area contributed by atoms with Crippen molar-refractivity contribution < 1.29 is 9.84 Å². The topological polar surface area (TPSA) is 76.7 Å². The summed E-state index contributed by atoms with van der Waals surface area (Å²) < 4.78 is 6.26. The molecule has 0 fully saturated rings. The van der Waals surface area contributed by atoms with Gasteiger partial charge in [0, 0.05) is 5.56 Å². The fourth-order valence-corrected chi connectivity index (χ4v) is 2.30. The lowest BCUT2D eigenvalue weighted by Gasteiger charge is -2.07. The van der Waals surface area contributed by atoms with Crippen LogP contribution in [0.3, 0.4) is 0 Å². The second kappa shape index (κ2) is 5.92. The van der Waals surface area contributed by atoms with Crippen LogP contribution in [-0.2, 0) is 0 Å². The fourth-order valence-electron chi connectivity index (χ4n) is 2.30. The Kier molecular flexibility index (Phi) is 3.80. The Labute approximate surface area is 132 Å². The molecule has 23 heavy (non-hydrogen) atoms. The van der Waals surface area contributed by atoms with Crippen molar-refractivity contribution in [3.8, 4) is 11.5 Å². The molecule has 0 unspecified atom stereocenters. The van der Waals surface area contributed by atoms with Crippen molar-refractivity contribution in [1.82, 2.24) is 9.66 Å². The lowest BCUT2D eigenvalue weighted by Crippen LogP contribution is -2.20. The van der Waals surface area contributed by atoms with E-state index in [1.807, 2.05) is 6.07 Å². The van der Waals surface area contributed by atoms with Gasteiger partial charge < -0.3 is 9.84 Å². The van der Waals surface area contributed by atoms with Gasteiger partial charge in [-0.05, 0) is 31.2 Å². The molecule has 0 bridgehead atoms. The summed E-state index contributed by atoms with van der Waals surface area (Å²) in [6.45, 7) is 1.70. The quantitative estimate of drug-likeness (QED) is 0.753. The molecule has 3 aromatic rings. The Morgan fingerprint density at radius 2 is 2.00 bits per heavy atom. The lowest BCUT2D eigenvalue weighted by atomic mass is 10.2. The molecule has 1 heterocycles. The molecule has 2 aromatic carbocycles. The number of ether oxygens (including phenoxy) is 1. The average Bonchev–Trinajstić information content (AvgIpc) is 2.56. The number of aromatic hydroxyl groups is 1. The minimum Gasteiger partial charge on any atom is -0.504 e. The molecule has 0 aliphatic rings. The van der Waals surface area contributed by atoms with Gasteiger partial charge in [-0.1, -0.05) is 18.2 Å². The molecule has 0 aliphatic heterocycles. The summed E-state index contributed by atoms with van der Waals surface area (Å²) in [6, 6.07) is 12.1. The molecule has 0 spiro atoms. The SMILES string of the molecule is COc1cccc(C=Nn2c(C)nc3ccccc3c2=O)c1O. The number of para-hydroxylation sites is 2. The fraction of sp³-hybridized carbons (Fsp3) is 0.118. The van der Waals surface area contributed by atoms with Crippen LogP contribution in [0.5, 0.6) is 11.5 Å². The zero-order chi connectivity index (χ0) is 16.4. The summed E-state index contributed by atoms with van der Waals surface area (Å²) in [5.74, 6) is 0.778. The summed E-state index contributed by atoms with van der Waals surface area (Å²) in [5, 5.41) is 14.7. The van der Waals surface area contributed by atoms with Crippen molar-refractivity contribution in [2.24, 2.45) is 5.10 Å². The molecule has 6 heteroatoms. The monoisotopic (exact) mass is 309 g/mol. The number of nitrogens with zero attached hydrogens (tertiary/aromatic N) is 3. The highest BCUT2D eigenvalue weighted by molar-refractivity contribution is 5.85. The van der Waals surface area contributed by atoms with E-state index in [9.17, 15) is 9.90 Å². The normalized spacial score (nSPS) is 11.2. The molecule has 0 aliphatic carbocycles. The van der Waals surface area contributed by atoms with E-state index in [2.05, 4.69) is 10.1 Å². The number of hydrogen-bond donors (Lipinski definition) is 1. The maximum atomic E-state index is 12.5. The number of benzene rings is 2. The number of methoxy groups -OCH3 is 1. The zero-order valence-electron chi connectivity index (χ0n) is 12.7. The first kappa shape index (κ1) is 14.8. The average molecular weight is 309 g/mol. The Morgan fingerprint density at radius 1 is 1.22 bits per heavy atom. The number of fused-ring (bicyclic) bond motifs is 1. The first-order valence-corrected chi connectivity index (χ1v) is 7.00. The highest BCUT2D eigenvalue weighted by Gasteiger charge is 2.08. The van der Waals surface area contributed by atoms with Crippen molar-refractivity contribution in [3.63, 3.8) is 0 Å². The molecule has 3 rings (SSSR count). The molecular formula is C17H15N3O3. The summed E-state index contributed by atoms with van der Waals surface area (Å²) in [6.07, 6.45) is 1.41. The largest absolute Gasteiger partial charge is 0.504 e. The third kappa shape index (κ3) is 2.66. The predicted octanol–water partition coefficient (Wildman–Crippen LogP) is 2.30. The Hall–Kier alpha value is -3.15. The van der Waals surface area contributed by atoms with Gasteiger partial charge in [-0.15, -0.1) is 0 Å². The molecule has 0 saturated heterocycles. The van der Waals surface area contributed by atoms with E-state index in [-0.39, 0.29) is 11.3 Å². The van der Waals surface area contributed by atoms with Crippen LogP contribution in [0.1, 0.15) is 11.4 Å². The van der Waals surface area contributed by atoms with Gasteiger partial charge in [0.15, 0.2) is 11.5 Å². The maximum Gasteiger partial charge on any atom is 0.282 e. The van der Waals surface area contributed by atoms with Crippen LogP contribution in [0.4, 0.5) is 0 Å². The number of rotatable bonds is 3. The van der Waals surface area contributed by atoms with E-state index < -0.39 is 0 Å². The van der Waals surface area contributed by atoms with E-state index in [0.29, 0.717) is 28.0 Å². The molecule has 1 N–H and O–H groups in total. The van der Waals surface area contributed by atoms with Gasteiger partial charge in [-0.2, -0.15) is 9.78 Å². The second-order valence-corrected chi connectivity index (χ2v) is 4.94. The number of phenols is 1. The van der Waals surface area contributed by atoms with Gasteiger partial charge in [0.25, 0.3) is 5.56 Å². The van der Waals surface area contributed by atoms with Gasteiger partial charge in [0.05, 0.1) is 24.2 Å². The van der Waals surface area contributed by atoms with Gasteiger partial charge in [-0.3, -0.25) is 4.79 Å². The van der Waals surface area contributed by atoms with Crippen molar-refractivity contribution in [3.05, 3.63) is 64.2 Å². The number of aryl methyl sites for hydroxylation is 1. The molecule has 1 aromatic heterocycles. The van der Waals surface area contributed by atoms with Crippen LogP contribution in [0.25, 0.3) is 10.9 Å². The van der Waals surface area contributed by atoms with Crippen LogP contribution in [0.2, 0.25) is 0 Å². The number of aromatic nitrogens is 2. The van der Waals surface area contributed by atoms with Gasteiger partial charge in [-0.25, -0.2) is 4.98 Å². The third-order valence-corrected chi connectivity index (χ3v) is 3.48. The van der Waals surface area contributed by atoms with E-state index in [0.717, 1.165) is 0 Å². The molecule has 0 radical (unpaired) electrons. The van der Waals surface area contributed by atoms with E-state index in [1.165, 1.54) is 18.0 Å². The van der Waals surface area contributed by atoms with Crippen LogP contribution in [-0.4, -0.2) is 28.1 Å². The Balaban J connectivity index is 2.10. The first-order valence-electron chi connectivity index (χ1n) is 7.00. The van der Waals surface area contributed by atoms with Crippen LogP contribution >= 0.6 is 0 Å². The number of hydrogen-bond acceptors (Lipinski definition) is 5. The summed E-state index contributed by atoms with van der Waals surface area (Å²) in [7, 11) is 1.47. The predicted molar refractivity (Wildman–Crippen MR) is 88.4 cm³/mol. The summed E-state index contributed by atoms with van der Waals surface area (Å²) >= 11 is 0. The minimum atomic E-state index is -0.258. The lowest BCUT2D eigenvalue weighted by molar-refractivity contribution is 0.373. The molecule has 0 amide bonds. The smallest absolute Gasteiger partial charge is 0.282 e. The minimum absolute atomic E-state index is 0.0294. The van der Waals surface area contributed by atoms with E-state index in [4.69, 9.17) is 4.74 Å². The van der Waals surface area contributed by atoms with E-state index >= 15 is 0 Å². The summed E-state index contributed by atoms with van der Waals surface area (Å²) in [4.78, 5) is 16.9. The molecule has 6 nitrogen and oxygen atoms in total. The molecule has 0 saturated carbocycles. The van der Waals surface area contributed by atoms with Crippen molar-refractivity contribution in [2.75, 3.05) is 7.11 Å². The molecule has 116 valence electrons. The van der Waals surface area contributed by atoms with E-state index in [1.54, 1.807) is 43.3 Å². The van der Waals surface area contributed by atoms with Crippen LogP contribution in [0, 0.1) is 6.92 Å². The van der Waals surface area contributed by atoms with Crippen molar-refractivity contribution >= 4 is 17.1 Å². The highest BCUT2D eigenvalue weighted by Crippen LogP contribution is 2.28. The van der Waals surface area contributed by atoms with Gasteiger partial charge in [0.2, 0.25) is 0 Å². The van der Waals surface area contributed by atoms with Crippen LogP contribution < -0.4 is 10.3 Å². The molecule has 0 atom stereocenters. The van der Waals surface area contributed by atoms with Crippen molar-refractivity contribution in [2.45, 2.75) is 6.92 Å². The maximum absolute atomic E-state index is 12.5. The standard InChI is InChI=1S/C17H15N3O3/c1-11-19-14-8-4-3-7-13(14)17(22)20(11)18-10-12-6-5-9-15(23-2)16(12)21/h3-10,21H,1-2H3. The second-order valence-electron chi connectivity index (χ2n) is 4.94. The highest BCUT2D eigenvalue weighted by atomic mass is 16.5. The Bertz CT molecular complexity index is 961. The van der Waals surface area contributed by atoms with Crippen molar-refractivity contribution in [1.29, 1.82) is 0 Å². The first-order chi connectivity index (χ1) is 11.1. The zero-order valence-corrected chi connectivity index (χ0v) is 12.7. The molecular weight excluding hydrogens is 294 g/mol. The van der Waals surface area contributed by atoms with Crippen LogP contribution in [0.15, 0.2) is 52.4 Å². The Morgan fingerprint density at radius 3 is 2.78 bits per heavy atom.